The lowest BCUT2D eigenvalue weighted by molar-refractivity contribution is 0.371. The van der Waals surface area contributed by atoms with Crippen molar-refractivity contribution in [2.24, 2.45) is 0 Å². The number of hydrogen-bond donors (Lipinski definition) is 2. The number of para-hydroxylation sites is 1. The normalized spacial score (nSPS) is 16.8. The van der Waals surface area contributed by atoms with E-state index in [0.29, 0.717) is 11.4 Å². The summed E-state index contributed by atoms with van der Waals surface area (Å²) in [7, 11) is 0. The van der Waals surface area contributed by atoms with Gasteiger partial charge in [0.2, 0.25) is 0 Å². The Morgan fingerprint density at radius 2 is 1.88 bits per heavy atom. The van der Waals surface area contributed by atoms with Gasteiger partial charge in [0.15, 0.2) is 5.43 Å². The van der Waals surface area contributed by atoms with Crippen LogP contribution in [0, 0.1) is 0 Å². The average molecular weight is 427 g/mol. The molecule has 2 N–H and O–H groups in total. The van der Waals surface area contributed by atoms with E-state index in [1.54, 1.807) is 12.3 Å². The molecule has 2 aliphatic rings. The first kappa shape index (κ1) is 20.7. The molecule has 164 valence electrons. The number of anilines is 1. The van der Waals surface area contributed by atoms with E-state index in [0.717, 1.165) is 47.8 Å². The van der Waals surface area contributed by atoms with Gasteiger partial charge in [-0.3, -0.25) is 14.3 Å². The summed E-state index contributed by atoms with van der Waals surface area (Å²) in [5.41, 5.74) is 3.85. The second kappa shape index (κ2) is 9.53. The van der Waals surface area contributed by atoms with Crippen LogP contribution in [0.2, 0.25) is 0 Å². The molecule has 0 spiro atoms. The third-order valence-corrected chi connectivity index (χ3v) is 6.41. The molecule has 5 heteroatoms. The molecule has 0 atom stereocenters. The minimum Gasteiger partial charge on any atom is -0.342 e. The van der Waals surface area contributed by atoms with Gasteiger partial charge in [0.1, 0.15) is 5.82 Å². The molecule has 2 aliphatic carbocycles. The molecular formula is C27H30N4O. The fourth-order valence-electron chi connectivity index (χ4n) is 4.71. The van der Waals surface area contributed by atoms with E-state index >= 15 is 0 Å². The van der Waals surface area contributed by atoms with Crippen molar-refractivity contribution in [3.8, 4) is 5.69 Å². The fourth-order valence-corrected chi connectivity index (χ4v) is 4.71. The molecule has 5 rings (SSSR count). The molecule has 0 amide bonds. The van der Waals surface area contributed by atoms with Gasteiger partial charge in [-0.05, 0) is 50.0 Å². The van der Waals surface area contributed by atoms with Crippen molar-refractivity contribution in [2.75, 3.05) is 5.32 Å². The predicted octanol–water partition coefficient (Wildman–Crippen LogP) is 5.45. The lowest BCUT2D eigenvalue weighted by Gasteiger charge is -2.23. The van der Waals surface area contributed by atoms with Gasteiger partial charge in [-0.1, -0.05) is 49.6 Å². The SMILES string of the molecule is O=c1cc(NC2=CCCC=C2)n(-c2ccccc2)c2cc(CNC3CCCCC3)ncc12. The molecule has 0 aliphatic heterocycles. The maximum atomic E-state index is 13.0. The number of pyridine rings is 2. The summed E-state index contributed by atoms with van der Waals surface area (Å²) in [5.74, 6) is 0.767. The maximum absolute atomic E-state index is 13.0. The van der Waals surface area contributed by atoms with E-state index in [-0.39, 0.29) is 5.43 Å². The number of aromatic nitrogens is 2. The summed E-state index contributed by atoms with van der Waals surface area (Å²) in [6, 6.07) is 14.5. The number of nitrogens with zero attached hydrogens (tertiary/aromatic N) is 2. The molecule has 32 heavy (non-hydrogen) atoms. The largest absolute Gasteiger partial charge is 0.342 e. The van der Waals surface area contributed by atoms with Crippen LogP contribution >= 0.6 is 0 Å². The van der Waals surface area contributed by atoms with Crippen LogP contribution in [0.15, 0.2) is 77.4 Å². The Balaban J connectivity index is 1.57. The van der Waals surface area contributed by atoms with Crippen molar-refractivity contribution < 1.29 is 0 Å². The highest BCUT2D eigenvalue weighted by Crippen LogP contribution is 2.25. The first-order valence-corrected chi connectivity index (χ1v) is 11.8. The van der Waals surface area contributed by atoms with E-state index < -0.39 is 0 Å². The molecular weight excluding hydrogens is 396 g/mol. The number of benzene rings is 1. The molecule has 0 unspecified atom stereocenters. The Bertz CT molecular complexity index is 1200. The van der Waals surface area contributed by atoms with Crippen LogP contribution in [0.5, 0.6) is 0 Å². The van der Waals surface area contributed by atoms with Gasteiger partial charge >= 0.3 is 0 Å². The second-order valence-corrected chi connectivity index (χ2v) is 8.74. The highest BCUT2D eigenvalue weighted by atomic mass is 16.1. The zero-order valence-corrected chi connectivity index (χ0v) is 18.4. The van der Waals surface area contributed by atoms with Gasteiger partial charge in [-0.25, -0.2) is 0 Å². The Labute approximate surface area is 188 Å². The summed E-state index contributed by atoms with van der Waals surface area (Å²) in [6.07, 6.45) is 16.6. The topological polar surface area (TPSA) is 59.0 Å². The van der Waals surface area contributed by atoms with Crippen LogP contribution in [-0.2, 0) is 6.54 Å². The fraction of sp³-hybridized carbons (Fsp3) is 0.333. The zero-order chi connectivity index (χ0) is 21.8. The van der Waals surface area contributed by atoms with Crippen LogP contribution in [0.4, 0.5) is 5.82 Å². The predicted molar refractivity (Wildman–Crippen MR) is 131 cm³/mol. The molecule has 2 aromatic heterocycles. The quantitative estimate of drug-likeness (QED) is 0.550. The summed E-state index contributed by atoms with van der Waals surface area (Å²) in [6.45, 7) is 0.717. The second-order valence-electron chi connectivity index (χ2n) is 8.74. The first-order chi connectivity index (χ1) is 15.8. The van der Waals surface area contributed by atoms with Crippen LogP contribution < -0.4 is 16.1 Å². The van der Waals surface area contributed by atoms with Crippen molar-refractivity contribution in [2.45, 2.75) is 57.5 Å². The van der Waals surface area contributed by atoms with Gasteiger partial charge in [0.05, 0.1) is 16.6 Å². The van der Waals surface area contributed by atoms with Gasteiger partial charge in [0.25, 0.3) is 0 Å². The van der Waals surface area contributed by atoms with Crippen molar-refractivity contribution in [3.63, 3.8) is 0 Å². The van der Waals surface area contributed by atoms with Gasteiger partial charge < -0.3 is 10.6 Å². The van der Waals surface area contributed by atoms with Crippen molar-refractivity contribution in [1.82, 2.24) is 14.9 Å². The van der Waals surface area contributed by atoms with Crippen LogP contribution in [0.1, 0.15) is 50.6 Å². The first-order valence-electron chi connectivity index (χ1n) is 11.8. The highest BCUT2D eigenvalue weighted by Gasteiger charge is 2.15. The molecule has 0 radical (unpaired) electrons. The van der Waals surface area contributed by atoms with E-state index in [2.05, 4.69) is 56.6 Å². The van der Waals surface area contributed by atoms with Crippen molar-refractivity contribution >= 4 is 16.7 Å². The maximum Gasteiger partial charge on any atom is 0.193 e. The molecule has 3 aromatic rings. The minimum atomic E-state index is -0.0191. The number of hydrogen-bond acceptors (Lipinski definition) is 4. The minimum absolute atomic E-state index is 0.0191. The number of nitrogens with one attached hydrogen (secondary N) is 2. The van der Waals surface area contributed by atoms with Crippen LogP contribution in [0.25, 0.3) is 16.6 Å². The number of fused-ring (bicyclic) bond motifs is 1. The summed E-state index contributed by atoms with van der Waals surface area (Å²) in [4.78, 5) is 17.6. The Morgan fingerprint density at radius 1 is 1.03 bits per heavy atom. The standard InChI is InChI=1S/C27H30N4O/c32-26-17-27(30-21-12-6-2-7-13-21)31(23-14-8-3-9-15-23)25-16-22(29-19-24(25)26)18-28-20-10-4-1-5-11-20/h3,6,8-9,12-17,19-20,28,30H,1-2,4-5,7,10-11,18H2. The van der Waals surface area contributed by atoms with Gasteiger partial charge in [0, 0.05) is 36.2 Å². The molecule has 2 heterocycles. The van der Waals surface area contributed by atoms with Crippen molar-refractivity contribution in [1.29, 1.82) is 0 Å². The van der Waals surface area contributed by atoms with E-state index in [4.69, 9.17) is 0 Å². The third-order valence-electron chi connectivity index (χ3n) is 6.41. The monoisotopic (exact) mass is 426 g/mol. The molecule has 1 fully saturated rings. The number of allylic oxidation sites excluding steroid dienone is 3. The lowest BCUT2D eigenvalue weighted by atomic mass is 9.95. The van der Waals surface area contributed by atoms with Crippen LogP contribution in [0.3, 0.4) is 0 Å². The van der Waals surface area contributed by atoms with E-state index in [1.807, 2.05) is 18.2 Å². The molecule has 1 saturated carbocycles. The molecule has 0 bridgehead atoms. The number of rotatable bonds is 6. The summed E-state index contributed by atoms with van der Waals surface area (Å²) in [5, 5.41) is 7.79. The Hall–Kier alpha value is -3.18. The van der Waals surface area contributed by atoms with E-state index in [1.165, 1.54) is 32.1 Å². The lowest BCUT2D eigenvalue weighted by Crippen LogP contribution is -2.30. The Kier molecular flexibility index (Phi) is 6.17. The summed E-state index contributed by atoms with van der Waals surface area (Å²) >= 11 is 0. The molecule has 0 saturated heterocycles. The summed E-state index contributed by atoms with van der Waals surface area (Å²) < 4.78 is 2.13. The highest BCUT2D eigenvalue weighted by molar-refractivity contribution is 5.83. The van der Waals surface area contributed by atoms with E-state index in [9.17, 15) is 4.79 Å². The smallest absolute Gasteiger partial charge is 0.193 e. The van der Waals surface area contributed by atoms with Crippen molar-refractivity contribution in [3.05, 3.63) is 88.5 Å². The third kappa shape index (κ3) is 4.53. The van der Waals surface area contributed by atoms with Gasteiger partial charge in [-0.2, -0.15) is 0 Å². The van der Waals surface area contributed by atoms with Gasteiger partial charge in [-0.15, -0.1) is 0 Å². The molecule has 5 nitrogen and oxygen atoms in total. The zero-order valence-electron chi connectivity index (χ0n) is 18.4. The average Bonchev–Trinajstić information content (AvgIpc) is 2.85. The Morgan fingerprint density at radius 3 is 2.66 bits per heavy atom. The molecule has 1 aromatic carbocycles. The van der Waals surface area contributed by atoms with Crippen LogP contribution in [-0.4, -0.2) is 15.6 Å².